The van der Waals surface area contributed by atoms with E-state index in [2.05, 4.69) is 39.4 Å². The van der Waals surface area contributed by atoms with Crippen LogP contribution in [0.25, 0.3) is 0 Å². The fourth-order valence-electron chi connectivity index (χ4n) is 4.63. The second kappa shape index (κ2) is 11.3. The molecule has 4 rings (SSSR count). The zero-order valence-corrected chi connectivity index (χ0v) is 22.2. The minimum Gasteiger partial charge on any atom is -0.378 e. The predicted molar refractivity (Wildman–Crippen MR) is 150 cm³/mol. The van der Waals surface area contributed by atoms with E-state index in [0.717, 1.165) is 53.6 Å². The summed E-state index contributed by atoms with van der Waals surface area (Å²) in [5, 5.41) is 4.35. The van der Waals surface area contributed by atoms with Crippen molar-refractivity contribution in [3.63, 3.8) is 0 Å². The first-order valence-electron chi connectivity index (χ1n) is 12.5. The van der Waals surface area contributed by atoms with Crippen molar-refractivity contribution in [3.05, 3.63) is 84.4 Å². The number of benzene rings is 3. The molecule has 0 aliphatic heterocycles. The number of rotatable bonds is 9. The molecule has 6 heteroatoms. The van der Waals surface area contributed by atoms with Gasteiger partial charge in [-0.25, -0.2) is 0 Å². The Morgan fingerprint density at radius 2 is 1.31 bits per heavy atom. The van der Waals surface area contributed by atoms with Gasteiger partial charge in [0, 0.05) is 50.6 Å². The molecule has 0 aromatic heterocycles. The van der Waals surface area contributed by atoms with E-state index < -0.39 is 13.2 Å². The maximum absolute atomic E-state index is 15.2. The number of hydrogen-bond donors (Lipinski definition) is 1. The van der Waals surface area contributed by atoms with E-state index in [4.69, 9.17) is 4.52 Å². The summed E-state index contributed by atoms with van der Waals surface area (Å²) < 4.78 is 21.9. The van der Waals surface area contributed by atoms with Crippen molar-refractivity contribution in [1.82, 2.24) is 0 Å². The molecule has 0 spiro atoms. The molecule has 0 heterocycles. The molecule has 35 heavy (non-hydrogen) atoms. The van der Waals surface area contributed by atoms with Crippen LogP contribution < -0.4 is 20.4 Å². The lowest BCUT2D eigenvalue weighted by molar-refractivity contribution is 0.159. The van der Waals surface area contributed by atoms with Gasteiger partial charge in [0.15, 0.2) is 0 Å². The fourth-order valence-corrected chi connectivity index (χ4v) is 7.28. The standard InChI is InChI=1S/C29H38N3O2P/c1-31(2)25-17-15-23(16-18-25)29(30-24-11-7-5-8-12-24)35(33,34-27-13-9-6-10-14-27)28-21-19-26(20-22-28)32(3)4/h5,7-8,11-12,15-22,27,29-30H,6,9-10,13-14H2,1-4H3/t29-,35-/m1/s1. The van der Waals surface area contributed by atoms with Crippen LogP contribution in [0.3, 0.4) is 0 Å². The van der Waals surface area contributed by atoms with Crippen LogP contribution in [0.15, 0.2) is 78.9 Å². The van der Waals surface area contributed by atoms with Gasteiger partial charge in [0.1, 0.15) is 5.78 Å². The van der Waals surface area contributed by atoms with E-state index in [1.165, 1.54) is 6.42 Å². The van der Waals surface area contributed by atoms with Gasteiger partial charge in [-0.1, -0.05) is 49.6 Å². The van der Waals surface area contributed by atoms with Crippen LogP contribution in [0.5, 0.6) is 0 Å². The van der Waals surface area contributed by atoms with Gasteiger partial charge in [0.2, 0.25) is 0 Å². The largest absolute Gasteiger partial charge is 0.378 e. The highest BCUT2D eigenvalue weighted by molar-refractivity contribution is 7.67. The molecule has 186 valence electrons. The number of nitrogens with zero attached hydrogens (tertiary/aromatic N) is 2. The highest BCUT2D eigenvalue weighted by Crippen LogP contribution is 2.60. The Morgan fingerprint density at radius 1 is 0.771 bits per heavy atom. The molecule has 0 radical (unpaired) electrons. The summed E-state index contributed by atoms with van der Waals surface area (Å²) in [6.07, 6.45) is 5.38. The molecular formula is C29H38N3O2P. The minimum atomic E-state index is -3.37. The zero-order chi connectivity index (χ0) is 24.8. The highest BCUT2D eigenvalue weighted by atomic mass is 31.2. The molecular weight excluding hydrogens is 453 g/mol. The van der Waals surface area contributed by atoms with Gasteiger partial charge in [0.05, 0.1) is 6.10 Å². The lowest BCUT2D eigenvalue weighted by Crippen LogP contribution is -2.25. The summed E-state index contributed by atoms with van der Waals surface area (Å²) in [5.41, 5.74) is 4.05. The third-order valence-electron chi connectivity index (χ3n) is 6.73. The van der Waals surface area contributed by atoms with E-state index in [-0.39, 0.29) is 6.10 Å². The normalized spacial score (nSPS) is 16.8. The molecule has 1 aliphatic rings. The smallest absolute Gasteiger partial charge is 0.258 e. The van der Waals surface area contributed by atoms with Crippen molar-refractivity contribution in [2.45, 2.75) is 44.0 Å². The van der Waals surface area contributed by atoms with Gasteiger partial charge in [0.25, 0.3) is 7.37 Å². The van der Waals surface area contributed by atoms with Crippen LogP contribution in [-0.2, 0) is 9.09 Å². The van der Waals surface area contributed by atoms with Gasteiger partial charge in [-0.2, -0.15) is 0 Å². The Hall–Kier alpha value is -2.75. The van der Waals surface area contributed by atoms with E-state index in [1.807, 2.05) is 82.8 Å². The second-order valence-electron chi connectivity index (χ2n) is 9.77. The third-order valence-corrected chi connectivity index (χ3v) is 9.46. The summed E-state index contributed by atoms with van der Waals surface area (Å²) in [4.78, 5) is 4.12. The molecule has 1 aliphatic carbocycles. The van der Waals surface area contributed by atoms with E-state index >= 15 is 4.57 Å². The van der Waals surface area contributed by atoms with Crippen LogP contribution in [0, 0.1) is 0 Å². The van der Waals surface area contributed by atoms with E-state index in [1.54, 1.807) is 0 Å². The van der Waals surface area contributed by atoms with Gasteiger partial charge in [-0.15, -0.1) is 0 Å². The first-order chi connectivity index (χ1) is 16.9. The molecule has 1 saturated carbocycles. The van der Waals surface area contributed by atoms with Gasteiger partial charge < -0.3 is 19.6 Å². The Labute approximate surface area is 210 Å². The first-order valence-corrected chi connectivity index (χ1v) is 14.2. The van der Waals surface area contributed by atoms with E-state index in [0.29, 0.717) is 0 Å². The summed E-state index contributed by atoms with van der Waals surface area (Å²) in [5.74, 6) is -0.506. The first kappa shape index (κ1) is 25.3. The van der Waals surface area contributed by atoms with Crippen molar-refractivity contribution >= 4 is 29.7 Å². The Kier molecular flexibility index (Phi) is 8.20. The average Bonchev–Trinajstić information content (AvgIpc) is 2.88. The Bertz CT molecular complexity index is 1110. The molecule has 0 unspecified atom stereocenters. The second-order valence-corrected chi connectivity index (χ2v) is 12.2. The maximum Gasteiger partial charge on any atom is 0.258 e. The number of anilines is 3. The number of para-hydroxylation sites is 1. The predicted octanol–water partition coefficient (Wildman–Crippen LogP) is 6.88. The quantitative estimate of drug-likeness (QED) is 0.331. The van der Waals surface area contributed by atoms with Crippen molar-refractivity contribution in [3.8, 4) is 0 Å². The summed E-state index contributed by atoms with van der Waals surface area (Å²) >= 11 is 0. The fraction of sp³-hybridized carbons (Fsp3) is 0.379. The highest BCUT2D eigenvalue weighted by Gasteiger charge is 2.40. The lowest BCUT2D eigenvalue weighted by Gasteiger charge is -2.34. The lowest BCUT2D eigenvalue weighted by atomic mass is 9.98. The van der Waals surface area contributed by atoms with Gasteiger partial charge >= 0.3 is 0 Å². The van der Waals surface area contributed by atoms with Crippen LogP contribution in [0.2, 0.25) is 0 Å². The third kappa shape index (κ3) is 6.09. The molecule has 0 saturated heterocycles. The monoisotopic (exact) mass is 491 g/mol. The minimum absolute atomic E-state index is 0.00392. The molecule has 3 aromatic carbocycles. The topological polar surface area (TPSA) is 44.8 Å². The molecule has 1 N–H and O–H groups in total. The SMILES string of the molecule is CN(C)c1ccc([C@H](Nc2ccccc2)[P@](=O)(OC2CCCCC2)c2ccc(N(C)C)cc2)cc1. The number of nitrogens with one attached hydrogen (secondary N) is 1. The van der Waals surface area contributed by atoms with Crippen molar-refractivity contribution < 1.29 is 9.09 Å². The van der Waals surface area contributed by atoms with Gasteiger partial charge in [-0.3, -0.25) is 4.57 Å². The summed E-state index contributed by atoms with van der Waals surface area (Å²) in [6, 6.07) is 26.3. The van der Waals surface area contributed by atoms with Crippen LogP contribution in [-0.4, -0.2) is 34.3 Å². The van der Waals surface area contributed by atoms with Crippen LogP contribution >= 0.6 is 7.37 Å². The molecule has 3 aromatic rings. The van der Waals surface area contributed by atoms with Gasteiger partial charge in [-0.05, 0) is 66.9 Å². The maximum atomic E-state index is 15.2. The van der Waals surface area contributed by atoms with Crippen LogP contribution in [0.4, 0.5) is 17.1 Å². The van der Waals surface area contributed by atoms with Crippen molar-refractivity contribution in [2.24, 2.45) is 0 Å². The van der Waals surface area contributed by atoms with Crippen molar-refractivity contribution in [1.29, 1.82) is 0 Å². The number of hydrogen-bond acceptors (Lipinski definition) is 5. The Morgan fingerprint density at radius 3 is 1.86 bits per heavy atom. The molecule has 1 fully saturated rings. The molecule has 5 nitrogen and oxygen atoms in total. The van der Waals surface area contributed by atoms with E-state index in [9.17, 15) is 0 Å². The van der Waals surface area contributed by atoms with Crippen LogP contribution in [0.1, 0.15) is 43.5 Å². The molecule has 0 bridgehead atoms. The summed E-state index contributed by atoms with van der Waals surface area (Å²) in [6.45, 7) is 0. The average molecular weight is 492 g/mol. The van der Waals surface area contributed by atoms with Crippen molar-refractivity contribution in [2.75, 3.05) is 43.3 Å². The summed E-state index contributed by atoms with van der Waals surface area (Å²) in [7, 11) is 4.71. The zero-order valence-electron chi connectivity index (χ0n) is 21.4. The molecule has 0 amide bonds. The Balaban J connectivity index is 1.80. The molecule has 2 atom stereocenters.